The Morgan fingerprint density at radius 1 is 1.14 bits per heavy atom. The zero-order valence-corrected chi connectivity index (χ0v) is 16.9. The Kier molecular flexibility index (Phi) is 4.60. The van der Waals surface area contributed by atoms with Gasteiger partial charge < -0.3 is 4.74 Å². The highest BCUT2D eigenvalue weighted by Crippen LogP contribution is 2.27. The number of hydrogen-bond donors (Lipinski definition) is 1. The number of ether oxygens (including phenoxy) is 1. The van der Waals surface area contributed by atoms with Crippen LogP contribution in [0.4, 0.5) is 5.13 Å². The van der Waals surface area contributed by atoms with Crippen LogP contribution < -0.4 is 10.1 Å². The van der Waals surface area contributed by atoms with Gasteiger partial charge in [-0.2, -0.15) is 0 Å². The van der Waals surface area contributed by atoms with Gasteiger partial charge in [-0.1, -0.05) is 12.1 Å². The predicted octanol–water partition coefficient (Wildman–Crippen LogP) is 4.64. The van der Waals surface area contributed by atoms with E-state index in [0.717, 1.165) is 11.3 Å². The number of carbonyl (C=O) groups excluding carboxylic acids is 1. The SMILES string of the molecule is COc1cccn2c(C(=O)Nc3nc(-c4ccc(C)c(C)c4)cs3)c(C)nc12. The molecule has 0 saturated carbocycles. The lowest BCUT2D eigenvalue weighted by molar-refractivity contribution is 0.102. The van der Waals surface area contributed by atoms with E-state index < -0.39 is 0 Å². The van der Waals surface area contributed by atoms with Gasteiger partial charge in [-0.3, -0.25) is 14.5 Å². The lowest BCUT2D eigenvalue weighted by Crippen LogP contribution is -2.15. The summed E-state index contributed by atoms with van der Waals surface area (Å²) < 4.78 is 7.08. The van der Waals surface area contributed by atoms with Gasteiger partial charge in [-0.25, -0.2) is 9.97 Å². The highest BCUT2D eigenvalue weighted by molar-refractivity contribution is 7.14. The van der Waals surface area contributed by atoms with Crippen LogP contribution in [0.1, 0.15) is 27.3 Å². The van der Waals surface area contributed by atoms with E-state index in [1.807, 2.05) is 30.5 Å². The number of nitrogens with one attached hydrogen (secondary N) is 1. The maximum Gasteiger partial charge on any atom is 0.276 e. The molecule has 0 unspecified atom stereocenters. The molecule has 1 N–H and O–H groups in total. The molecule has 0 aliphatic carbocycles. The first-order valence-electron chi connectivity index (χ1n) is 8.84. The number of pyridine rings is 1. The fourth-order valence-electron chi connectivity index (χ4n) is 3.11. The fourth-order valence-corrected chi connectivity index (χ4v) is 3.82. The van der Waals surface area contributed by atoms with Gasteiger partial charge in [0.15, 0.2) is 16.5 Å². The molecule has 3 aromatic heterocycles. The van der Waals surface area contributed by atoms with Crippen LogP contribution in [0.5, 0.6) is 5.75 Å². The maximum atomic E-state index is 12.9. The first kappa shape index (κ1) is 18.2. The lowest BCUT2D eigenvalue weighted by Gasteiger charge is -2.05. The topological polar surface area (TPSA) is 68.5 Å². The van der Waals surface area contributed by atoms with E-state index in [2.05, 4.69) is 41.3 Å². The number of benzene rings is 1. The van der Waals surface area contributed by atoms with Gasteiger partial charge in [-0.05, 0) is 50.1 Å². The largest absolute Gasteiger partial charge is 0.493 e. The maximum absolute atomic E-state index is 12.9. The first-order chi connectivity index (χ1) is 13.5. The number of fused-ring (bicyclic) bond motifs is 1. The fraction of sp³-hybridized carbons (Fsp3) is 0.190. The molecule has 0 atom stereocenters. The van der Waals surface area contributed by atoms with Crippen LogP contribution >= 0.6 is 11.3 Å². The molecule has 0 radical (unpaired) electrons. The number of thiazole rings is 1. The van der Waals surface area contributed by atoms with Crippen molar-refractivity contribution >= 4 is 28.0 Å². The minimum atomic E-state index is -0.251. The monoisotopic (exact) mass is 392 g/mol. The van der Waals surface area contributed by atoms with Crippen molar-refractivity contribution < 1.29 is 9.53 Å². The highest BCUT2D eigenvalue weighted by Gasteiger charge is 2.20. The number of amides is 1. The van der Waals surface area contributed by atoms with E-state index in [-0.39, 0.29) is 5.91 Å². The van der Waals surface area contributed by atoms with E-state index in [1.165, 1.54) is 22.5 Å². The Morgan fingerprint density at radius 3 is 2.71 bits per heavy atom. The van der Waals surface area contributed by atoms with Gasteiger partial charge in [0.2, 0.25) is 0 Å². The molecule has 6 nitrogen and oxygen atoms in total. The molecule has 1 amide bonds. The van der Waals surface area contributed by atoms with Crippen molar-refractivity contribution in [2.75, 3.05) is 12.4 Å². The standard InChI is InChI=1S/C21H20N4O2S/c1-12-7-8-15(10-13(12)2)16-11-28-21(23-16)24-20(26)18-14(3)22-19-17(27-4)6-5-9-25(18)19/h5-11H,1-4H3,(H,23,24,26). The van der Waals surface area contributed by atoms with Crippen LogP contribution in [-0.4, -0.2) is 27.4 Å². The minimum absolute atomic E-state index is 0.251. The second kappa shape index (κ2) is 7.09. The molecule has 0 fully saturated rings. The number of hydrogen-bond acceptors (Lipinski definition) is 5. The Hall–Kier alpha value is -3.19. The molecule has 3 heterocycles. The van der Waals surface area contributed by atoms with E-state index >= 15 is 0 Å². The quantitative estimate of drug-likeness (QED) is 0.549. The van der Waals surface area contributed by atoms with Crippen LogP contribution in [0.2, 0.25) is 0 Å². The van der Waals surface area contributed by atoms with Gasteiger partial charge in [0.1, 0.15) is 5.69 Å². The van der Waals surface area contributed by atoms with Gasteiger partial charge >= 0.3 is 0 Å². The molecule has 0 bridgehead atoms. The molecule has 142 valence electrons. The summed E-state index contributed by atoms with van der Waals surface area (Å²) in [5.74, 6) is 0.371. The summed E-state index contributed by atoms with van der Waals surface area (Å²) in [4.78, 5) is 22.0. The summed E-state index contributed by atoms with van der Waals surface area (Å²) in [5.41, 5.74) is 6.06. The number of imidazole rings is 1. The number of carbonyl (C=O) groups is 1. The molecule has 1 aromatic carbocycles. The summed E-state index contributed by atoms with van der Waals surface area (Å²) in [5, 5.41) is 5.40. The van der Waals surface area contributed by atoms with Crippen LogP contribution in [0.3, 0.4) is 0 Å². The van der Waals surface area contributed by atoms with E-state index in [4.69, 9.17) is 4.74 Å². The molecule has 7 heteroatoms. The summed E-state index contributed by atoms with van der Waals surface area (Å²) in [6.45, 7) is 5.97. The number of aromatic nitrogens is 3. The molecule has 0 spiro atoms. The lowest BCUT2D eigenvalue weighted by atomic mass is 10.1. The average Bonchev–Trinajstić information content (AvgIpc) is 3.27. The second-order valence-electron chi connectivity index (χ2n) is 6.61. The van der Waals surface area contributed by atoms with Crippen molar-refractivity contribution in [1.82, 2.24) is 14.4 Å². The Morgan fingerprint density at radius 2 is 1.96 bits per heavy atom. The number of aryl methyl sites for hydroxylation is 3. The third-order valence-electron chi connectivity index (χ3n) is 4.75. The van der Waals surface area contributed by atoms with Crippen LogP contribution in [-0.2, 0) is 0 Å². The number of rotatable bonds is 4. The predicted molar refractivity (Wildman–Crippen MR) is 111 cm³/mol. The molecule has 4 aromatic rings. The third kappa shape index (κ3) is 3.14. The molecular weight excluding hydrogens is 372 g/mol. The van der Waals surface area contributed by atoms with Crippen LogP contribution in [0.25, 0.3) is 16.9 Å². The van der Waals surface area contributed by atoms with E-state index in [1.54, 1.807) is 17.7 Å². The number of anilines is 1. The van der Waals surface area contributed by atoms with Crippen molar-refractivity contribution in [3.05, 3.63) is 64.4 Å². The first-order valence-corrected chi connectivity index (χ1v) is 9.72. The van der Waals surface area contributed by atoms with Gasteiger partial charge in [0.25, 0.3) is 5.91 Å². The Labute approximate surface area is 166 Å². The zero-order chi connectivity index (χ0) is 19.8. The van der Waals surface area contributed by atoms with Gasteiger partial charge in [0, 0.05) is 17.1 Å². The summed E-state index contributed by atoms with van der Waals surface area (Å²) in [6, 6.07) is 9.88. The molecule has 4 rings (SSSR count). The van der Waals surface area contributed by atoms with Crippen LogP contribution in [0.15, 0.2) is 41.9 Å². The summed E-state index contributed by atoms with van der Waals surface area (Å²) >= 11 is 1.40. The summed E-state index contributed by atoms with van der Waals surface area (Å²) in [7, 11) is 1.59. The van der Waals surface area contributed by atoms with E-state index in [9.17, 15) is 4.79 Å². The smallest absolute Gasteiger partial charge is 0.276 e. The number of methoxy groups -OCH3 is 1. The van der Waals surface area contributed by atoms with Crippen LogP contribution in [0, 0.1) is 20.8 Å². The molecule has 28 heavy (non-hydrogen) atoms. The molecule has 0 aliphatic rings. The third-order valence-corrected chi connectivity index (χ3v) is 5.51. The van der Waals surface area contributed by atoms with Crippen molar-refractivity contribution in [3.8, 4) is 17.0 Å². The minimum Gasteiger partial charge on any atom is -0.493 e. The number of nitrogens with zero attached hydrogens (tertiary/aromatic N) is 3. The summed E-state index contributed by atoms with van der Waals surface area (Å²) in [6.07, 6.45) is 1.80. The highest BCUT2D eigenvalue weighted by atomic mass is 32.1. The van der Waals surface area contributed by atoms with Crippen molar-refractivity contribution in [3.63, 3.8) is 0 Å². The average molecular weight is 392 g/mol. The Bertz CT molecular complexity index is 1190. The molecule has 0 aliphatic heterocycles. The van der Waals surface area contributed by atoms with Crippen molar-refractivity contribution in [1.29, 1.82) is 0 Å². The zero-order valence-electron chi connectivity index (χ0n) is 16.1. The normalized spacial score (nSPS) is 11.0. The van der Waals surface area contributed by atoms with Gasteiger partial charge in [-0.15, -0.1) is 11.3 Å². The second-order valence-corrected chi connectivity index (χ2v) is 7.47. The molecular formula is C21H20N4O2S. The van der Waals surface area contributed by atoms with Gasteiger partial charge in [0.05, 0.1) is 18.5 Å². The van der Waals surface area contributed by atoms with Crippen molar-refractivity contribution in [2.45, 2.75) is 20.8 Å². The Balaban J connectivity index is 1.63. The van der Waals surface area contributed by atoms with Crippen molar-refractivity contribution in [2.24, 2.45) is 0 Å². The molecule has 0 saturated heterocycles. The van der Waals surface area contributed by atoms with E-state index in [0.29, 0.717) is 27.9 Å².